The average Bonchev–Trinajstić information content (AvgIpc) is 2.82. The van der Waals surface area contributed by atoms with E-state index >= 15 is 0 Å². The van der Waals surface area contributed by atoms with Crippen molar-refractivity contribution in [3.8, 4) is 6.07 Å². The molecule has 0 spiro atoms. The number of nitriles is 1. The van der Waals surface area contributed by atoms with Gasteiger partial charge in [0.15, 0.2) is 0 Å². The minimum absolute atomic E-state index is 0.00333. The molecule has 0 saturated heterocycles. The van der Waals surface area contributed by atoms with E-state index in [4.69, 9.17) is 16.0 Å². The van der Waals surface area contributed by atoms with Gasteiger partial charge in [0.1, 0.15) is 23.0 Å². The fourth-order valence-electron chi connectivity index (χ4n) is 1.86. The third-order valence-corrected chi connectivity index (χ3v) is 3.17. The van der Waals surface area contributed by atoms with Gasteiger partial charge in [0.2, 0.25) is 5.88 Å². The molecular formula is C15H11ClN2O4. The van der Waals surface area contributed by atoms with Gasteiger partial charge in [-0.25, -0.2) is 4.79 Å². The van der Waals surface area contributed by atoms with Crippen molar-refractivity contribution in [2.45, 2.75) is 6.92 Å². The molecule has 1 aromatic heterocycles. The standard InChI is InChI=1S/C15H11ClN2O4/c1-8-12(15(20)21-2)11(7-17)14(22-8)18-13(19)9-3-5-10(16)6-4-9/h3-6H,1-2H3,(H,18,19). The highest BCUT2D eigenvalue weighted by molar-refractivity contribution is 6.30. The van der Waals surface area contributed by atoms with E-state index in [0.29, 0.717) is 10.6 Å². The molecule has 1 amide bonds. The average molecular weight is 319 g/mol. The van der Waals surface area contributed by atoms with Crippen LogP contribution in [0.2, 0.25) is 5.02 Å². The van der Waals surface area contributed by atoms with Gasteiger partial charge in [0, 0.05) is 10.6 Å². The minimum Gasteiger partial charge on any atom is -0.465 e. The van der Waals surface area contributed by atoms with Gasteiger partial charge in [-0.05, 0) is 31.2 Å². The summed E-state index contributed by atoms with van der Waals surface area (Å²) < 4.78 is 9.89. The summed E-state index contributed by atoms with van der Waals surface area (Å²) in [5, 5.41) is 12.1. The van der Waals surface area contributed by atoms with Gasteiger partial charge in [-0.15, -0.1) is 0 Å². The first kappa shape index (κ1) is 15.6. The predicted molar refractivity (Wildman–Crippen MR) is 78.9 cm³/mol. The van der Waals surface area contributed by atoms with E-state index in [9.17, 15) is 14.9 Å². The van der Waals surface area contributed by atoms with Crippen LogP contribution in [0.15, 0.2) is 28.7 Å². The third-order valence-electron chi connectivity index (χ3n) is 2.92. The summed E-state index contributed by atoms with van der Waals surface area (Å²) in [6.07, 6.45) is 0. The maximum Gasteiger partial charge on any atom is 0.342 e. The highest BCUT2D eigenvalue weighted by atomic mass is 35.5. The number of esters is 1. The van der Waals surface area contributed by atoms with Crippen molar-refractivity contribution >= 4 is 29.4 Å². The van der Waals surface area contributed by atoms with Gasteiger partial charge in [0.25, 0.3) is 5.91 Å². The zero-order chi connectivity index (χ0) is 16.3. The molecule has 0 aliphatic carbocycles. The maximum absolute atomic E-state index is 12.1. The third kappa shape index (κ3) is 2.95. The number of methoxy groups -OCH3 is 1. The number of benzene rings is 1. The lowest BCUT2D eigenvalue weighted by Gasteiger charge is -2.02. The van der Waals surface area contributed by atoms with Gasteiger partial charge >= 0.3 is 5.97 Å². The predicted octanol–water partition coefficient (Wildman–Crippen LogP) is 3.15. The van der Waals surface area contributed by atoms with Crippen LogP contribution < -0.4 is 5.32 Å². The molecule has 0 saturated carbocycles. The minimum atomic E-state index is -0.704. The zero-order valence-corrected chi connectivity index (χ0v) is 12.5. The number of amides is 1. The number of furan rings is 1. The molecule has 0 unspecified atom stereocenters. The fourth-order valence-corrected chi connectivity index (χ4v) is 1.99. The Morgan fingerprint density at radius 3 is 2.50 bits per heavy atom. The second-order valence-electron chi connectivity index (χ2n) is 4.30. The highest BCUT2D eigenvalue weighted by Crippen LogP contribution is 2.27. The van der Waals surface area contributed by atoms with E-state index in [-0.39, 0.29) is 22.8 Å². The number of anilines is 1. The number of ether oxygens (including phenoxy) is 1. The fraction of sp³-hybridized carbons (Fsp3) is 0.133. The van der Waals surface area contributed by atoms with Gasteiger partial charge in [0.05, 0.1) is 7.11 Å². The van der Waals surface area contributed by atoms with E-state index in [0.717, 1.165) is 0 Å². The Kier molecular flexibility index (Phi) is 4.49. The van der Waals surface area contributed by atoms with Crippen LogP contribution in [0.25, 0.3) is 0 Å². The number of hydrogen-bond donors (Lipinski definition) is 1. The van der Waals surface area contributed by atoms with Crippen LogP contribution >= 0.6 is 11.6 Å². The van der Waals surface area contributed by atoms with Crippen LogP contribution in [0, 0.1) is 18.3 Å². The van der Waals surface area contributed by atoms with Gasteiger partial charge in [-0.2, -0.15) is 5.26 Å². The molecule has 2 aromatic rings. The zero-order valence-electron chi connectivity index (χ0n) is 11.8. The number of carbonyl (C=O) groups is 2. The Labute approximate surface area is 131 Å². The number of aryl methyl sites for hydroxylation is 1. The first-order chi connectivity index (χ1) is 10.5. The van der Waals surface area contributed by atoms with Crippen molar-refractivity contribution in [2.24, 2.45) is 0 Å². The van der Waals surface area contributed by atoms with Crippen molar-refractivity contribution in [3.05, 3.63) is 51.7 Å². The van der Waals surface area contributed by atoms with Gasteiger partial charge in [-0.1, -0.05) is 11.6 Å². The number of nitrogens with one attached hydrogen (secondary N) is 1. The molecule has 0 bridgehead atoms. The number of carbonyl (C=O) groups excluding carboxylic acids is 2. The second kappa shape index (κ2) is 6.33. The summed E-state index contributed by atoms with van der Waals surface area (Å²) >= 11 is 5.75. The van der Waals surface area contributed by atoms with Crippen molar-refractivity contribution in [1.82, 2.24) is 0 Å². The van der Waals surface area contributed by atoms with E-state index in [1.54, 1.807) is 12.1 Å². The Morgan fingerprint density at radius 2 is 1.95 bits per heavy atom. The normalized spacial score (nSPS) is 9.91. The summed E-state index contributed by atoms with van der Waals surface area (Å²) in [7, 11) is 1.20. The Morgan fingerprint density at radius 1 is 1.32 bits per heavy atom. The van der Waals surface area contributed by atoms with E-state index in [1.807, 2.05) is 6.07 Å². The van der Waals surface area contributed by atoms with Crippen molar-refractivity contribution < 1.29 is 18.7 Å². The number of nitrogens with zero attached hydrogens (tertiary/aromatic N) is 1. The molecule has 1 heterocycles. The van der Waals surface area contributed by atoms with Gasteiger partial charge in [-0.3, -0.25) is 10.1 Å². The van der Waals surface area contributed by atoms with Crippen LogP contribution in [-0.2, 0) is 4.74 Å². The van der Waals surface area contributed by atoms with E-state index in [1.165, 1.54) is 26.2 Å². The van der Waals surface area contributed by atoms with Crippen molar-refractivity contribution in [2.75, 3.05) is 12.4 Å². The lowest BCUT2D eigenvalue weighted by atomic mass is 10.1. The molecule has 0 radical (unpaired) electrons. The maximum atomic E-state index is 12.1. The van der Waals surface area contributed by atoms with E-state index < -0.39 is 11.9 Å². The molecular weight excluding hydrogens is 308 g/mol. The number of halogens is 1. The topological polar surface area (TPSA) is 92.3 Å². The SMILES string of the molecule is COC(=O)c1c(C)oc(NC(=O)c2ccc(Cl)cc2)c1C#N. The lowest BCUT2D eigenvalue weighted by Crippen LogP contribution is -2.12. The van der Waals surface area contributed by atoms with Gasteiger partial charge < -0.3 is 9.15 Å². The number of rotatable bonds is 3. The molecule has 0 atom stereocenters. The summed E-state index contributed by atoms with van der Waals surface area (Å²) in [5.41, 5.74) is 0.255. The van der Waals surface area contributed by atoms with Crippen LogP contribution in [0.4, 0.5) is 5.88 Å². The molecule has 22 heavy (non-hydrogen) atoms. The first-order valence-corrected chi connectivity index (χ1v) is 6.54. The Balaban J connectivity index is 2.34. The summed E-state index contributed by atoms with van der Waals surface area (Å²) in [4.78, 5) is 23.8. The summed E-state index contributed by atoms with van der Waals surface area (Å²) in [6.45, 7) is 1.50. The second-order valence-corrected chi connectivity index (χ2v) is 4.74. The molecule has 0 fully saturated rings. The summed E-state index contributed by atoms with van der Waals surface area (Å²) in [6, 6.07) is 8.02. The van der Waals surface area contributed by atoms with Crippen LogP contribution in [0.3, 0.4) is 0 Å². The lowest BCUT2D eigenvalue weighted by molar-refractivity contribution is 0.0598. The number of hydrogen-bond acceptors (Lipinski definition) is 5. The molecule has 1 aromatic carbocycles. The molecule has 1 N–H and O–H groups in total. The molecule has 2 rings (SSSR count). The van der Waals surface area contributed by atoms with Crippen LogP contribution in [-0.4, -0.2) is 19.0 Å². The molecule has 0 aliphatic heterocycles. The Bertz CT molecular complexity index is 772. The van der Waals surface area contributed by atoms with E-state index in [2.05, 4.69) is 10.1 Å². The monoisotopic (exact) mass is 318 g/mol. The first-order valence-electron chi connectivity index (χ1n) is 6.16. The Hall–Kier alpha value is -2.78. The van der Waals surface area contributed by atoms with Crippen molar-refractivity contribution in [1.29, 1.82) is 5.26 Å². The van der Waals surface area contributed by atoms with Crippen molar-refractivity contribution in [3.63, 3.8) is 0 Å². The van der Waals surface area contributed by atoms with Crippen LogP contribution in [0.1, 0.15) is 32.0 Å². The molecule has 6 nitrogen and oxygen atoms in total. The molecule has 7 heteroatoms. The quantitative estimate of drug-likeness (QED) is 0.877. The summed E-state index contributed by atoms with van der Waals surface area (Å²) in [5.74, 6) is -1.10. The largest absolute Gasteiger partial charge is 0.465 e. The molecule has 0 aliphatic rings. The van der Waals surface area contributed by atoms with Crippen LogP contribution in [0.5, 0.6) is 0 Å². The highest BCUT2D eigenvalue weighted by Gasteiger charge is 2.25. The molecule has 112 valence electrons. The smallest absolute Gasteiger partial charge is 0.342 e.